The molecule has 16 heavy (non-hydrogen) atoms. The number of ether oxygens (including phenoxy) is 1. The fourth-order valence-corrected chi connectivity index (χ4v) is 2.48. The van der Waals surface area contributed by atoms with Gasteiger partial charge < -0.3 is 9.84 Å². The molecule has 0 fully saturated rings. The van der Waals surface area contributed by atoms with Crippen LogP contribution in [-0.4, -0.2) is 30.2 Å². The first-order valence-corrected chi connectivity index (χ1v) is 5.66. The normalized spacial score (nSPS) is 25.2. The predicted octanol–water partition coefficient (Wildman–Crippen LogP) is 2.34. The van der Waals surface area contributed by atoms with Gasteiger partial charge in [0.1, 0.15) is 11.5 Å². The summed E-state index contributed by atoms with van der Waals surface area (Å²) in [6.45, 7) is 4.33. The standard InChI is InChI=1S/C13H19NO2/c1-8-5-10-6-11(16-4)7-12(15)13(10)9(2)14(8)3/h6-9,15H,5H2,1-4H3/t8-,9-/m1/s1. The molecule has 0 radical (unpaired) electrons. The SMILES string of the molecule is COc1cc(O)c2c(c1)C[C@@H](C)N(C)[C@@H]2C. The summed E-state index contributed by atoms with van der Waals surface area (Å²) in [4.78, 5) is 2.29. The van der Waals surface area contributed by atoms with Gasteiger partial charge in [-0.2, -0.15) is 0 Å². The lowest BCUT2D eigenvalue weighted by Gasteiger charge is -2.38. The van der Waals surface area contributed by atoms with Gasteiger partial charge in [0.2, 0.25) is 0 Å². The van der Waals surface area contributed by atoms with E-state index in [0.29, 0.717) is 11.8 Å². The molecule has 0 saturated carbocycles. The average Bonchev–Trinajstić information content (AvgIpc) is 2.25. The lowest BCUT2D eigenvalue weighted by atomic mass is 9.89. The fraction of sp³-hybridized carbons (Fsp3) is 0.538. The van der Waals surface area contributed by atoms with Crippen molar-refractivity contribution in [2.45, 2.75) is 32.4 Å². The third-order valence-corrected chi connectivity index (χ3v) is 3.69. The second-order valence-corrected chi connectivity index (χ2v) is 4.61. The molecule has 1 aliphatic rings. The van der Waals surface area contributed by atoms with Crippen molar-refractivity contribution in [3.8, 4) is 11.5 Å². The molecular formula is C13H19NO2. The Morgan fingerprint density at radius 1 is 1.38 bits per heavy atom. The maximum absolute atomic E-state index is 10.0. The summed E-state index contributed by atoms with van der Waals surface area (Å²) in [6, 6.07) is 4.48. The number of fused-ring (bicyclic) bond motifs is 1. The highest BCUT2D eigenvalue weighted by molar-refractivity contribution is 5.48. The number of rotatable bonds is 1. The second kappa shape index (κ2) is 3.98. The van der Waals surface area contributed by atoms with Crippen LogP contribution in [0.15, 0.2) is 12.1 Å². The molecule has 0 amide bonds. The number of nitrogens with zero attached hydrogens (tertiary/aromatic N) is 1. The van der Waals surface area contributed by atoms with Gasteiger partial charge in [0.05, 0.1) is 7.11 Å². The van der Waals surface area contributed by atoms with E-state index < -0.39 is 0 Å². The van der Waals surface area contributed by atoms with Crippen LogP contribution in [0.5, 0.6) is 11.5 Å². The second-order valence-electron chi connectivity index (χ2n) is 4.61. The van der Waals surface area contributed by atoms with Crippen LogP contribution in [0.25, 0.3) is 0 Å². The summed E-state index contributed by atoms with van der Waals surface area (Å²) in [7, 11) is 3.73. The van der Waals surface area contributed by atoms with Crippen LogP contribution < -0.4 is 4.74 Å². The van der Waals surface area contributed by atoms with Crippen LogP contribution in [-0.2, 0) is 6.42 Å². The highest BCUT2D eigenvalue weighted by Crippen LogP contribution is 2.39. The highest BCUT2D eigenvalue weighted by atomic mass is 16.5. The average molecular weight is 221 g/mol. The van der Waals surface area contributed by atoms with E-state index in [1.165, 1.54) is 5.56 Å². The van der Waals surface area contributed by atoms with Crippen molar-refractivity contribution in [2.24, 2.45) is 0 Å². The van der Waals surface area contributed by atoms with Crippen LogP contribution in [0.2, 0.25) is 0 Å². The number of benzene rings is 1. The fourth-order valence-electron chi connectivity index (χ4n) is 2.48. The highest BCUT2D eigenvalue weighted by Gasteiger charge is 2.29. The lowest BCUT2D eigenvalue weighted by molar-refractivity contribution is 0.175. The van der Waals surface area contributed by atoms with E-state index in [2.05, 4.69) is 25.8 Å². The van der Waals surface area contributed by atoms with Crippen LogP contribution in [0.1, 0.15) is 31.0 Å². The first-order chi connectivity index (χ1) is 7.54. The molecule has 0 bridgehead atoms. The number of aromatic hydroxyl groups is 1. The number of methoxy groups -OCH3 is 1. The molecular weight excluding hydrogens is 202 g/mol. The van der Waals surface area contributed by atoms with E-state index in [4.69, 9.17) is 4.74 Å². The minimum Gasteiger partial charge on any atom is -0.507 e. The smallest absolute Gasteiger partial charge is 0.124 e. The van der Waals surface area contributed by atoms with Crippen LogP contribution in [0, 0.1) is 0 Å². The molecule has 1 N–H and O–H groups in total. The van der Waals surface area contributed by atoms with Gasteiger partial charge in [0.15, 0.2) is 0 Å². The molecule has 0 saturated heterocycles. The molecule has 1 aromatic carbocycles. The monoisotopic (exact) mass is 221 g/mol. The Bertz CT molecular complexity index is 403. The number of phenolic OH excluding ortho intramolecular Hbond substituents is 1. The zero-order valence-corrected chi connectivity index (χ0v) is 10.3. The maximum atomic E-state index is 10.0. The van der Waals surface area contributed by atoms with Crippen molar-refractivity contribution in [2.75, 3.05) is 14.2 Å². The summed E-state index contributed by atoms with van der Waals surface area (Å²) >= 11 is 0. The quantitative estimate of drug-likeness (QED) is 0.790. The third kappa shape index (κ3) is 1.65. The van der Waals surface area contributed by atoms with Crippen LogP contribution in [0.3, 0.4) is 0 Å². The van der Waals surface area contributed by atoms with Crippen molar-refractivity contribution in [3.63, 3.8) is 0 Å². The Labute approximate surface area is 96.6 Å². The van der Waals surface area contributed by atoms with E-state index in [1.807, 2.05) is 6.07 Å². The van der Waals surface area contributed by atoms with Crippen molar-refractivity contribution in [1.82, 2.24) is 4.90 Å². The third-order valence-electron chi connectivity index (χ3n) is 3.69. The molecule has 0 unspecified atom stereocenters. The molecule has 1 aliphatic heterocycles. The van der Waals surface area contributed by atoms with Crippen molar-refractivity contribution < 1.29 is 9.84 Å². The van der Waals surface area contributed by atoms with Gasteiger partial charge >= 0.3 is 0 Å². The van der Waals surface area contributed by atoms with E-state index in [0.717, 1.165) is 17.7 Å². The summed E-state index contributed by atoms with van der Waals surface area (Å²) in [5.74, 6) is 1.08. The van der Waals surface area contributed by atoms with Gasteiger partial charge in [-0.25, -0.2) is 0 Å². The summed E-state index contributed by atoms with van der Waals surface area (Å²) < 4.78 is 5.18. The zero-order chi connectivity index (χ0) is 11.9. The molecule has 2 rings (SSSR count). The summed E-state index contributed by atoms with van der Waals surface area (Å²) in [5, 5.41) is 10.0. The minimum atomic E-state index is 0.254. The van der Waals surface area contributed by atoms with Gasteiger partial charge in [-0.15, -0.1) is 0 Å². The molecule has 0 aromatic heterocycles. The number of hydrogen-bond acceptors (Lipinski definition) is 3. The number of phenols is 1. The predicted molar refractivity (Wildman–Crippen MR) is 64.0 cm³/mol. The topological polar surface area (TPSA) is 32.7 Å². The van der Waals surface area contributed by atoms with E-state index >= 15 is 0 Å². The Morgan fingerprint density at radius 3 is 2.69 bits per heavy atom. The lowest BCUT2D eigenvalue weighted by Crippen LogP contribution is -2.37. The Morgan fingerprint density at radius 2 is 2.06 bits per heavy atom. The Kier molecular flexibility index (Phi) is 2.80. The van der Waals surface area contributed by atoms with Gasteiger partial charge in [0.25, 0.3) is 0 Å². The van der Waals surface area contributed by atoms with Crippen molar-refractivity contribution >= 4 is 0 Å². The van der Waals surface area contributed by atoms with Crippen molar-refractivity contribution in [3.05, 3.63) is 23.3 Å². The van der Waals surface area contributed by atoms with E-state index in [1.54, 1.807) is 13.2 Å². The van der Waals surface area contributed by atoms with E-state index in [-0.39, 0.29) is 6.04 Å². The van der Waals surface area contributed by atoms with Gasteiger partial charge in [0, 0.05) is 23.7 Å². The Balaban J connectivity index is 2.52. The number of hydrogen-bond donors (Lipinski definition) is 1. The molecule has 3 nitrogen and oxygen atoms in total. The molecule has 88 valence electrons. The molecule has 0 spiro atoms. The van der Waals surface area contributed by atoms with Crippen LogP contribution >= 0.6 is 0 Å². The molecule has 2 atom stereocenters. The Hall–Kier alpha value is -1.22. The molecule has 3 heteroatoms. The maximum Gasteiger partial charge on any atom is 0.124 e. The minimum absolute atomic E-state index is 0.254. The largest absolute Gasteiger partial charge is 0.507 e. The summed E-state index contributed by atoms with van der Waals surface area (Å²) in [6.07, 6.45) is 0.959. The van der Waals surface area contributed by atoms with Crippen molar-refractivity contribution in [1.29, 1.82) is 0 Å². The number of likely N-dealkylation sites (N-methyl/N-ethyl adjacent to an activating group) is 1. The van der Waals surface area contributed by atoms with Gasteiger partial charge in [-0.1, -0.05) is 0 Å². The van der Waals surface area contributed by atoms with Crippen LogP contribution in [0.4, 0.5) is 0 Å². The summed E-state index contributed by atoms with van der Waals surface area (Å²) in [5.41, 5.74) is 2.25. The molecule has 1 heterocycles. The van der Waals surface area contributed by atoms with E-state index in [9.17, 15) is 5.11 Å². The zero-order valence-electron chi connectivity index (χ0n) is 10.3. The first-order valence-electron chi connectivity index (χ1n) is 5.66. The van der Waals surface area contributed by atoms with Gasteiger partial charge in [-0.3, -0.25) is 4.90 Å². The first kappa shape index (κ1) is 11.3. The molecule has 0 aliphatic carbocycles. The van der Waals surface area contributed by atoms with Gasteiger partial charge in [-0.05, 0) is 38.9 Å². The molecule has 1 aromatic rings.